The minimum atomic E-state index is -4.27. The van der Waals surface area contributed by atoms with Crippen molar-refractivity contribution in [3.8, 4) is 0 Å². The van der Waals surface area contributed by atoms with Crippen molar-refractivity contribution in [2.75, 3.05) is 26.2 Å². The molecule has 0 unspecified atom stereocenters. The van der Waals surface area contributed by atoms with Gasteiger partial charge in [-0.2, -0.15) is 0 Å². The van der Waals surface area contributed by atoms with E-state index in [0.717, 1.165) is 5.56 Å². The van der Waals surface area contributed by atoms with Gasteiger partial charge in [-0.25, -0.2) is 8.42 Å². The van der Waals surface area contributed by atoms with Crippen LogP contribution >= 0.6 is 0 Å². The first-order valence-corrected chi connectivity index (χ1v) is 12.0. The number of benzene rings is 1. The minimum absolute atomic E-state index is 0.178. The highest BCUT2D eigenvalue weighted by molar-refractivity contribution is 7.85. The van der Waals surface area contributed by atoms with Crippen molar-refractivity contribution in [3.63, 3.8) is 0 Å². The molecule has 0 aliphatic rings. The third-order valence-electron chi connectivity index (χ3n) is 5.56. The van der Waals surface area contributed by atoms with Gasteiger partial charge >= 0.3 is 0 Å². The molecule has 158 valence electrons. The van der Waals surface area contributed by atoms with Gasteiger partial charge in [0.1, 0.15) is 10.1 Å². The van der Waals surface area contributed by atoms with Crippen molar-refractivity contribution >= 4 is 10.1 Å². The summed E-state index contributed by atoms with van der Waals surface area (Å²) in [6, 6.07) is 5.78. The molecule has 5 heteroatoms. The van der Waals surface area contributed by atoms with Crippen LogP contribution in [0.5, 0.6) is 0 Å². The first kappa shape index (κ1) is 26.1. The summed E-state index contributed by atoms with van der Waals surface area (Å²) in [6.07, 6.45) is 10.0. The third-order valence-corrected chi connectivity index (χ3v) is 6.41. The maximum atomic E-state index is 10.4. The standard InChI is InChI=1S/C15H34N.C7H8O3S/c1-5-9-10-11-12-13-14-15-16(6-2,7-3)8-4;1-6-2-4-7(5-3-6)11(8,9)10/h5-15H2,1-4H3;2-5H,1H3,(H,8,9,10)/q+1;/p-1. The molecular weight excluding hydrogens is 358 g/mol. The largest absolute Gasteiger partial charge is 0.744 e. The second kappa shape index (κ2) is 14.1. The van der Waals surface area contributed by atoms with Crippen molar-refractivity contribution in [3.05, 3.63) is 29.8 Å². The minimum Gasteiger partial charge on any atom is -0.744 e. The zero-order valence-electron chi connectivity index (χ0n) is 18.2. The lowest BCUT2D eigenvalue weighted by atomic mass is 10.1. The number of hydrogen-bond acceptors (Lipinski definition) is 3. The van der Waals surface area contributed by atoms with Crippen LogP contribution in [-0.4, -0.2) is 43.6 Å². The Kier molecular flexibility index (Phi) is 13.7. The second-order valence-electron chi connectivity index (χ2n) is 7.40. The Labute approximate surface area is 168 Å². The summed E-state index contributed by atoms with van der Waals surface area (Å²) in [5, 5.41) is 0. The van der Waals surface area contributed by atoms with E-state index in [4.69, 9.17) is 0 Å². The molecular formula is C22H41NO3S. The molecule has 0 heterocycles. The summed E-state index contributed by atoms with van der Waals surface area (Å²) < 4.78 is 32.5. The number of nitrogens with zero attached hydrogens (tertiary/aromatic N) is 1. The smallest absolute Gasteiger partial charge is 0.124 e. The van der Waals surface area contributed by atoms with E-state index in [2.05, 4.69) is 27.7 Å². The third kappa shape index (κ3) is 11.5. The molecule has 0 aliphatic carbocycles. The summed E-state index contributed by atoms with van der Waals surface area (Å²) in [5.41, 5.74) is 0.928. The van der Waals surface area contributed by atoms with Gasteiger partial charge in [0.25, 0.3) is 0 Å². The van der Waals surface area contributed by atoms with Crippen LogP contribution in [0.3, 0.4) is 0 Å². The van der Waals surface area contributed by atoms with Crippen LogP contribution < -0.4 is 0 Å². The molecule has 0 fully saturated rings. The van der Waals surface area contributed by atoms with Crippen LogP contribution in [0.25, 0.3) is 0 Å². The molecule has 0 atom stereocenters. The van der Waals surface area contributed by atoms with E-state index in [0.29, 0.717) is 0 Å². The van der Waals surface area contributed by atoms with Crippen LogP contribution in [0.4, 0.5) is 0 Å². The van der Waals surface area contributed by atoms with Crippen LogP contribution in [0, 0.1) is 6.92 Å². The summed E-state index contributed by atoms with van der Waals surface area (Å²) in [6.45, 7) is 16.5. The molecule has 0 spiro atoms. The fourth-order valence-corrected chi connectivity index (χ4v) is 3.72. The van der Waals surface area contributed by atoms with Crippen molar-refractivity contribution in [2.45, 2.75) is 84.5 Å². The van der Waals surface area contributed by atoms with Crippen LogP contribution in [0.2, 0.25) is 0 Å². The van der Waals surface area contributed by atoms with E-state index in [1.54, 1.807) is 12.1 Å². The molecule has 0 aliphatic heterocycles. The number of aryl methyl sites for hydroxylation is 1. The molecule has 0 aromatic heterocycles. The van der Waals surface area contributed by atoms with E-state index in [1.807, 2.05) is 6.92 Å². The number of hydrogen-bond donors (Lipinski definition) is 0. The van der Waals surface area contributed by atoms with E-state index >= 15 is 0 Å². The second-order valence-corrected chi connectivity index (χ2v) is 8.78. The van der Waals surface area contributed by atoms with Crippen molar-refractivity contribution in [1.29, 1.82) is 0 Å². The average molecular weight is 400 g/mol. The first-order chi connectivity index (χ1) is 12.7. The van der Waals surface area contributed by atoms with E-state index in [1.165, 1.54) is 87.7 Å². The van der Waals surface area contributed by atoms with Crippen molar-refractivity contribution in [2.24, 2.45) is 0 Å². The van der Waals surface area contributed by atoms with E-state index < -0.39 is 10.1 Å². The lowest BCUT2D eigenvalue weighted by Gasteiger charge is -2.35. The summed E-state index contributed by atoms with van der Waals surface area (Å²) in [7, 11) is -4.27. The molecule has 0 radical (unpaired) electrons. The average Bonchev–Trinajstić information content (AvgIpc) is 2.65. The Morgan fingerprint density at radius 3 is 1.63 bits per heavy atom. The van der Waals surface area contributed by atoms with Gasteiger partial charge < -0.3 is 9.04 Å². The molecule has 0 saturated heterocycles. The number of unbranched alkanes of at least 4 members (excludes halogenated alkanes) is 6. The molecule has 0 bridgehead atoms. The predicted molar refractivity (Wildman–Crippen MR) is 114 cm³/mol. The van der Waals surface area contributed by atoms with Gasteiger partial charge in [0.2, 0.25) is 0 Å². The fraction of sp³-hybridized carbons (Fsp3) is 0.727. The van der Waals surface area contributed by atoms with Gasteiger partial charge in [-0.3, -0.25) is 0 Å². The van der Waals surface area contributed by atoms with Crippen LogP contribution in [0.15, 0.2) is 29.2 Å². The Hall–Kier alpha value is -0.910. The topological polar surface area (TPSA) is 57.2 Å². The normalized spacial score (nSPS) is 11.8. The molecule has 0 N–H and O–H groups in total. The zero-order chi connectivity index (χ0) is 20.8. The molecule has 4 nitrogen and oxygen atoms in total. The lowest BCUT2D eigenvalue weighted by Crippen LogP contribution is -2.48. The van der Waals surface area contributed by atoms with E-state index in [-0.39, 0.29) is 4.90 Å². The van der Waals surface area contributed by atoms with Gasteiger partial charge in [0.05, 0.1) is 31.1 Å². The maximum Gasteiger partial charge on any atom is 0.124 e. The van der Waals surface area contributed by atoms with Gasteiger partial charge in [0, 0.05) is 0 Å². The quantitative estimate of drug-likeness (QED) is 0.264. The fourth-order valence-electron chi connectivity index (χ4n) is 3.25. The Bertz CT molecular complexity index is 570. The lowest BCUT2D eigenvalue weighted by molar-refractivity contribution is -0.923. The van der Waals surface area contributed by atoms with Crippen LogP contribution in [0.1, 0.15) is 78.2 Å². The molecule has 1 aromatic carbocycles. The predicted octanol–water partition coefficient (Wildman–Crippen LogP) is 5.51. The molecule has 1 rings (SSSR count). The van der Waals surface area contributed by atoms with Gasteiger partial charge in [0.15, 0.2) is 0 Å². The van der Waals surface area contributed by atoms with Gasteiger partial charge in [-0.15, -0.1) is 0 Å². The highest BCUT2D eigenvalue weighted by atomic mass is 32.2. The Morgan fingerprint density at radius 2 is 1.22 bits per heavy atom. The van der Waals surface area contributed by atoms with E-state index in [9.17, 15) is 13.0 Å². The summed E-state index contributed by atoms with van der Waals surface area (Å²) in [5.74, 6) is 0. The van der Waals surface area contributed by atoms with Crippen molar-refractivity contribution in [1.82, 2.24) is 0 Å². The molecule has 0 saturated carbocycles. The number of rotatable bonds is 12. The van der Waals surface area contributed by atoms with Gasteiger partial charge in [-0.1, -0.05) is 56.7 Å². The molecule has 1 aromatic rings. The Balaban J connectivity index is 0.000000533. The Morgan fingerprint density at radius 1 is 0.778 bits per heavy atom. The SMILES string of the molecule is CCCCCCCCC[N+](CC)(CC)CC.Cc1ccc(S(=O)(=O)[O-])cc1. The first-order valence-electron chi connectivity index (χ1n) is 10.6. The monoisotopic (exact) mass is 399 g/mol. The van der Waals surface area contributed by atoms with Gasteiger partial charge in [-0.05, 0) is 52.7 Å². The van der Waals surface area contributed by atoms with Crippen molar-refractivity contribution < 1.29 is 17.5 Å². The highest BCUT2D eigenvalue weighted by Gasteiger charge is 2.19. The maximum absolute atomic E-state index is 10.4. The zero-order valence-corrected chi connectivity index (χ0v) is 19.0. The summed E-state index contributed by atoms with van der Waals surface area (Å²) in [4.78, 5) is -0.178. The molecule has 27 heavy (non-hydrogen) atoms. The highest BCUT2D eigenvalue weighted by Crippen LogP contribution is 2.12. The molecule has 0 amide bonds. The number of quaternary nitrogens is 1. The van der Waals surface area contributed by atoms with Crippen LogP contribution in [-0.2, 0) is 10.1 Å². The summed E-state index contributed by atoms with van der Waals surface area (Å²) >= 11 is 0.